The Balaban J connectivity index is 2.23. The molecule has 0 fully saturated rings. The molecule has 0 amide bonds. The van der Waals surface area contributed by atoms with Crippen LogP contribution in [-0.4, -0.2) is 17.5 Å². The summed E-state index contributed by atoms with van der Waals surface area (Å²) >= 11 is 6.19. The Bertz CT molecular complexity index is 688. The Hall–Kier alpha value is -1.74. The van der Waals surface area contributed by atoms with Gasteiger partial charge in [0.1, 0.15) is 5.75 Å². The van der Waals surface area contributed by atoms with Crippen LogP contribution in [0.25, 0.3) is 11.3 Å². The molecule has 0 spiro atoms. The molecule has 0 bridgehead atoms. The number of rotatable bonds is 3. The summed E-state index contributed by atoms with van der Waals surface area (Å²) in [7, 11) is 1.60. The van der Waals surface area contributed by atoms with E-state index in [2.05, 4.69) is 4.57 Å². The number of aromatic nitrogens is 1. The minimum atomic E-state index is 0.167. The number of methoxy groups -OCH3 is 1. The zero-order valence-corrected chi connectivity index (χ0v) is 12.3. The molecule has 2 aromatic rings. The molecule has 3 nitrogen and oxygen atoms in total. The van der Waals surface area contributed by atoms with Crippen molar-refractivity contribution in [3.05, 3.63) is 40.5 Å². The van der Waals surface area contributed by atoms with E-state index in [0.717, 1.165) is 29.8 Å². The highest BCUT2D eigenvalue weighted by atomic mass is 35.5. The number of Topliss-reactive ketones (excluding diaryl/α,β-unsaturated/α-hetero) is 1. The number of ether oxygens (including phenoxy) is 1. The summed E-state index contributed by atoms with van der Waals surface area (Å²) in [6, 6.07) is 5.80. The lowest BCUT2D eigenvalue weighted by atomic mass is 9.94. The van der Waals surface area contributed by atoms with Gasteiger partial charge in [0.2, 0.25) is 0 Å². The SMILES string of the molecule is CCC(=O)c1ccn2c1-c1cc(OC)c(Cl)cc1CC2. The first kappa shape index (κ1) is 13.3. The Morgan fingerprint density at radius 3 is 2.95 bits per heavy atom. The monoisotopic (exact) mass is 289 g/mol. The van der Waals surface area contributed by atoms with Gasteiger partial charge < -0.3 is 9.30 Å². The first-order chi connectivity index (χ1) is 9.65. The van der Waals surface area contributed by atoms with E-state index in [4.69, 9.17) is 16.3 Å². The van der Waals surface area contributed by atoms with E-state index >= 15 is 0 Å². The minimum absolute atomic E-state index is 0.167. The first-order valence-corrected chi connectivity index (χ1v) is 7.12. The average Bonchev–Trinajstić information content (AvgIpc) is 2.89. The number of aryl methyl sites for hydroxylation is 2. The first-order valence-electron chi connectivity index (χ1n) is 6.74. The van der Waals surface area contributed by atoms with Crippen molar-refractivity contribution in [3.8, 4) is 17.0 Å². The Labute approximate surface area is 123 Å². The van der Waals surface area contributed by atoms with Crippen LogP contribution in [0.4, 0.5) is 0 Å². The maximum absolute atomic E-state index is 12.1. The second-order valence-corrected chi connectivity index (χ2v) is 5.35. The molecule has 0 aliphatic carbocycles. The van der Waals surface area contributed by atoms with Crippen molar-refractivity contribution in [2.45, 2.75) is 26.3 Å². The molecule has 0 atom stereocenters. The van der Waals surface area contributed by atoms with Crippen molar-refractivity contribution < 1.29 is 9.53 Å². The average molecular weight is 290 g/mol. The summed E-state index contributed by atoms with van der Waals surface area (Å²) in [6.45, 7) is 2.76. The molecule has 1 aliphatic rings. The summed E-state index contributed by atoms with van der Waals surface area (Å²) in [5.41, 5.74) is 4.01. The van der Waals surface area contributed by atoms with Gasteiger partial charge in [-0.2, -0.15) is 0 Å². The number of carbonyl (C=O) groups excluding carboxylic acids is 1. The van der Waals surface area contributed by atoms with Gasteiger partial charge in [-0.3, -0.25) is 4.79 Å². The summed E-state index contributed by atoms with van der Waals surface area (Å²) < 4.78 is 7.44. The van der Waals surface area contributed by atoms with Gasteiger partial charge in [-0.05, 0) is 30.2 Å². The van der Waals surface area contributed by atoms with Gasteiger partial charge >= 0.3 is 0 Å². The zero-order chi connectivity index (χ0) is 14.3. The molecule has 1 aliphatic heterocycles. The summed E-state index contributed by atoms with van der Waals surface area (Å²) in [5.74, 6) is 0.815. The second-order valence-electron chi connectivity index (χ2n) is 4.94. The van der Waals surface area contributed by atoms with Gasteiger partial charge in [0.05, 0.1) is 17.8 Å². The fourth-order valence-corrected chi connectivity index (χ4v) is 3.06. The van der Waals surface area contributed by atoms with Crippen molar-refractivity contribution in [2.24, 2.45) is 0 Å². The smallest absolute Gasteiger partial charge is 0.164 e. The molecule has 4 heteroatoms. The number of fused-ring (bicyclic) bond motifs is 3. The van der Waals surface area contributed by atoms with Crippen molar-refractivity contribution in [3.63, 3.8) is 0 Å². The van der Waals surface area contributed by atoms with Gasteiger partial charge in [-0.15, -0.1) is 0 Å². The molecule has 0 unspecified atom stereocenters. The molecular formula is C16H16ClNO2. The largest absolute Gasteiger partial charge is 0.495 e. The third-order valence-corrected chi connectivity index (χ3v) is 4.14. The third-order valence-electron chi connectivity index (χ3n) is 3.84. The lowest BCUT2D eigenvalue weighted by Gasteiger charge is -2.22. The van der Waals surface area contributed by atoms with E-state index in [9.17, 15) is 4.79 Å². The Kier molecular flexibility index (Phi) is 3.30. The second kappa shape index (κ2) is 4.98. The van der Waals surface area contributed by atoms with Crippen LogP contribution in [0.3, 0.4) is 0 Å². The lowest BCUT2D eigenvalue weighted by molar-refractivity contribution is 0.0989. The number of hydrogen-bond donors (Lipinski definition) is 0. The summed E-state index contributed by atoms with van der Waals surface area (Å²) in [6.07, 6.45) is 3.42. The van der Waals surface area contributed by atoms with Crippen LogP contribution < -0.4 is 4.74 Å². The maximum atomic E-state index is 12.1. The van der Waals surface area contributed by atoms with Gasteiger partial charge in [0.25, 0.3) is 0 Å². The van der Waals surface area contributed by atoms with Crippen LogP contribution in [0.1, 0.15) is 29.3 Å². The quantitative estimate of drug-likeness (QED) is 0.801. The van der Waals surface area contributed by atoms with Crippen LogP contribution in [0.2, 0.25) is 5.02 Å². The highest BCUT2D eigenvalue weighted by Gasteiger charge is 2.23. The van der Waals surface area contributed by atoms with Crippen molar-refractivity contribution in [1.82, 2.24) is 4.57 Å². The minimum Gasteiger partial charge on any atom is -0.495 e. The molecule has 0 saturated carbocycles. The fourth-order valence-electron chi connectivity index (χ4n) is 2.79. The van der Waals surface area contributed by atoms with E-state index in [-0.39, 0.29) is 5.78 Å². The van der Waals surface area contributed by atoms with Crippen molar-refractivity contribution in [2.75, 3.05) is 7.11 Å². The van der Waals surface area contributed by atoms with E-state index in [0.29, 0.717) is 17.2 Å². The molecule has 104 valence electrons. The van der Waals surface area contributed by atoms with Crippen molar-refractivity contribution >= 4 is 17.4 Å². The Morgan fingerprint density at radius 1 is 1.45 bits per heavy atom. The highest BCUT2D eigenvalue weighted by Crippen LogP contribution is 2.39. The summed E-state index contributed by atoms with van der Waals surface area (Å²) in [4.78, 5) is 12.1. The number of ketones is 1. The highest BCUT2D eigenvalue weighted by molar-refractivity contribution is 6.32. The molecule has 1 aromatic heterocycles. The molecule has 1 aromatic carbocycles. The number of carbonyl (C=O) groups is 1. The molecule has 0 N–H and O–H groups in total. The fraction of sp³-hybridized carbons (Fsp3) is 0.312. The van der Waals surface area contributed by atoms with Crippen LogP contribution in [0.5, 0.6) is 5.75 Å². The molecule has 20 heavy (non-hydrogen) atoms. The molecule has 2 heterocycles. The predicted molar refractivity (Wildman–Crippen MR) is 79.8 cm³/mol. The number of nitrogens with zero attached hydrogens (tertiary/aromatic N) is 1. The number of hydrogen-bond acceptors (Lipinski definition) is 2. The number of benzene rings is 1. The van der Waals surface area contributed by atoms with E-state index in [1.165, 1.54) is 5.56 Å². The van der Waals surface area contributed by atoms with Crippen molar-refractivity contribution in [1.29, 1.82) is 0 Å². The molecule has 3 rings (SSSR count). The van der Waals surface area contributed by atoms with Crippen LogP contribution >= 0.6 is 11.6 Å². The van der Waals surface area contributed by atoms with Gasteiger partial charge in [-0.1, -0.05) is 18.5 Å². The summed E-state index contributed by atoms with van der Waals surface area (Å²) in [5, 5.41) is 0.620. The van der Waals surface area contributed by atoms with Gasteiger partial charge in [0.15, 0.2) is 5.78 Å². The van der Waals surface area contributed by atoms with Crippen LogP contribution in [-0.2, 0) is 13.0 Å². The standard InChI is InChI=1S/C16H16ClNO2/c1-3-14(19)11-5-7-18-6-4-10-8-13(17)15(20-2)9-12(10)16(11)18/h5,7-9H,3-4,6H2,1-2H3. The topological polar surface area (TPSA) is 31.2 Å². The molecule has 0 radical (unpaired) electrons. The van der Waals surface area contributed by atoms with E-state index in [1.54, 1.807) is 7.11 Å². The lowest BCUT2D eigenvalue weighted by Crippen LogP contribution is -2.12. The molecular weight excluding hydrogens is 274 g/mol. The van der Waals surface area contributed by atoms with Gasteiger partial charge in [0, 0.05) is 30.3 Å². The van der Waals surface area contributed by atoms with Gasteiger partial charge in [-0.25, -0.2) is 0 Å². The van der Waals surface area contributed by atoms with Crippen LogP contribution in [0.15, 0.2) is 24.4 Å². The normalized spacial score (nSPS) is 12.8. The zero-order valence-electron chi connectivity index (χ0n) is 11.6. The van der Waals surface area contributed by atoms with E-state index < -0.39 is 0 Å². The Morgan fingerprint density at radius 2 is 2.25 bits per heavy atom. The maximum Gasteiger partial charge on any atom is 0.164 e. The molecule has 0 saturated heterocycles. The number of halogens is 1. The predicted octanol–water partition coefficient (Wildman–Crippen LogP) is 3.97. The third kappa shape index (κ3) is 1.93. The van der Waals surface area contributed by atoms with Crippen LogP contribution in [0, 0.1) is 0 Å². The van der Waals surface area contributed by atoms with E-state index in [1.807, 2.05) is 31.3 Å².